The third-order valence-electron chi connectivity index (χ3n) is 3.14. The Bertz CT molecular complexity index is 430. The zero-order chi connectivity index (χ0) is 12.5. The third kappa shape index (κ3) is 2.39. The molecule has 1 aliphatic rings. The van der Waals surface area contributed by atoms with E-state index in [2.05, 4.69) is 24.3 Å². The maximum atomic E-state index is 12.3. The molecule has 17 heavy (non-hydrogen) atoms. The van der Waals surface area contributed by atoms with Crippen LogP contribution in [-0.4, -0.2) is 28.9 Å². The number of likely N-dealkylation sites (tertiary alicyclic amines) is 1. The highest BCUT2D eigenvalue weighted by Crippen LogP contribution is 2.30. The van der Waals surface area contributed by atoms with Gasteiger partial charge in [-0.05, 0) is 24.0 Å². The standard InChI is InChI=1S/C12H18N4O/c1-12(2)5-7-16(8-12)11(17)9-4-3-6-14-10(9)15-13/h3-4,6H,5,7-8,13H2,1-2H3,(H,14,15). The summed E-state index contributed by atoms with van der Waals surface area (Å²) in [5, 5.41) is 0. The lowest BCUT2D eigenvalue weighted by Gasteiger charge is -2.20. The molecular weight excluding hydrogens is 216 g/mol. The quantitative estimate of drug-likeness (QED) is 0.596. The summed E-state index contributed by atoms with van der Waals surface area (Å²) in [6.45, 7) is 5.92. The Morgan fingerprint density at radius 2 is 2.35 bits per heavy atom. The number of nitrogens with zero attached hydrogens (tertiary/aromatic N) is 2. The number of hydrogen-bond donors (Lipinski definition) is 2. The molecule has 3 N–H and O–H groups in total. The van der Waals surface area contributed by atoms with E-state index in [9.17, 15) is 4.79 Å². The van der Waals surface area contributed by atoms with Crippen molar-refractivity contribution in [3.8, 4) is 0 Å². The molecule has 1 amide bonds. The van der Waals surface area contributed by atoms with Crippen LogP contribution in [0.3, 0.4) is 0 Å². The van der Waals surface area contributed by atoms with E-state index in [1.54, 1.807) is 18.3 Å². The van der Waals surface area contributed by atoms with Crippen molar-refractivity contribution in [2.24, 2.45) is 11.3 Å². The SMILES string of the molecule is CC1(C)CCN(C(=O)c2cccnc2NN)C1. The molecule has 1 aromatic rings. The summed E-state index contributed by atoms with van der Waals surface area (Å²) in [5.41, 5.74) is 3.20. The molecule has 5 nitrogen and oxygen atoms in total. The van der Waals surface area contributed by atoms with Gasteiger partial charge in [-0.15, -0.1) is 0 Å². The lowest BCUT2D eigenvalue weighted by atomic mass is 9.93. The molecule has 0 saturated carbocycles. The number of nitrogens with one attached hydrogen (secondary N) is 1. The van der Waals surface area contributed by atoms with E-state index in [0.29, 0.717) is 11.4 Å². The van der Waals surface area contributed by atoms with E-state index in [0.717, 1.165) is 19.5 Å². The number of hydrazine groups is 1. The second-order valence-corrected chi connectivity index (χ2v) is 5.18. The molecule has 0 unspecified atom stereocenters. The first-order valence-corrected chi connectivity index (χ1v) is 5.74. The molecule has 0 spiro atoms. The van der Waals surface area contributed by atoms with Crippen molar-refractivity contribution < 1.29 is 4.79 Å². The fraction of sp³-hybridized carbons (Fsp3) is 0.500. The Hall–Kier alpha value is -1.62. The summed E-state index contributed by atoms with van der Waals surface area (Å²) in [4.78, 5) is 18.2. The number of rotatable bonds is 2. The number of aromatic nitrogens is 1. The maximum absolute atomic E-state index is 12.3. The van der Waals surface area contributed by atoms with Gasteiger partial charge in [0.25, 0.3) is 5.91 Å². The molecule has 5 heteroatoms. The van der Waals surface area contributed by atoms with Crippen LogP contribution < -0.4 is 11.3 Å². The Morgan fingerprint density at radius 1 is 1.59 bits per heavy atom. The number of carbonyl (C=O) groups is 1. The van der Waals surface area contributed by atoms with Gasteiger partial charge in [0.2, 0.25) is 0 Å². The largest absolute Gasteiger partial charge is 0.338 e. The Kier molecular flexibility index (Phi) is 3.02. The van der Waals surface area contributed by atoms with Crippen LogP contribution in [-0.2, 0) is 0 Å². The zero-order valence-corrected chi connectivity index (χ0v) is 10.2. The first-order chi connectivity index (χ1) is 8.03. The molecule has 0 atom stereocenters. The zero-order valence-electron chi connectivity index (χ0n) is 10.2. The fourth-order valence-electron chi connectivity index (χ4n) is 2.15. The van der Waals surface area contributed by atoms with Crippen molar-refractivity contribution in [3.63, 3.8) is 0 Å². The number of hydrogen-bond acceptors (Lipinski definition) is 4. The Labute approximate surface area is 101 Å². The van der Waals surface area contributed by atoms with Crippen molar-refractivity contribution in [1.29, 1.82) is 0 Å². The molecule has 0 radical (unpaired) electrons. The minimum absolute atomic E-state index is 0.00312. The first kappa shape index (κ1) is 11.9. The lowest BCUT2D eigenvalue weighted by Crippen LogP contribution is -2.31. The minimum Gasteiger partial charge on any atom is -0.338 e. The molecule has 0 aromatic carbocycles. The number of anilines is 1. The van der Waals surface area contributed by atoms with Crippen molar-refractivity contribution in [2.75, 3.05) is 18.5 Å². The first-order valence-electron chi connectivity index (χ1n) is 5.74. The second-order valence-electron chi connectivity index (χ2n) is 5.18. The van der Waals surface area contributed by atoms with E-state index in [-0.39, 0.29) is 11.3 Å². The normalized spacial score (nSPS) is 18.2. The molecule has 1 saturated heterocycles. The summed E-state index contributed by atoms with van der Waals surface area (Å²) in [7, 11) is 0. The molecule has 92 valence electrons. The smallest absolute Gasteiger partial charge is 0.257 e. The van der Waals surface area contributed by atoms with Gasteiger partial charge in [-0.3, -0.25) is 4.79 Å². The highest BCUT2D eigenvalue weighted by Gasteiger charge is 2.33. The number of carbonyl (C=O) groups excluding carboxylic acids is 1. The van der Waals surface area contributed by atoms with Crippen LogP contribution in [0.25, 0.3) is 0 Å². The number of amides is 1. The third-order valence-corrected chi connectivity index (χ3v) is 3.14. The van der Waals surface area contributed by atoms with Crippen LogP contribution in [0.15, 0.2) is 18.3 Å². The maximum Gasteiger partial charge on any atom is 0.257 e. The summed E-state index contributed by atoms with van der Waals surface area (Å²) >= 11 is 0. The number of nitrogen functional groups attached to an aromatic ring is 1. The van der Waals surface area contributed by atoms with Gasteiger partial charge < -0.3 is 10.3 Å². The van der Waals surface area contributed by atoms with E-state index in [1.807, 2.05) is 4.90 Å². The van der Waals surface area contributed by atoms with E-state index >= 15 is 0 Å². The van der Waals surface area contributed by atoms with Gasteiger partial charge in [0.15, 0.2) is 5.82 Å². The van der Waals surface area contributed by atoms with E-state index in [1.165, 1.54) is 0 Å². The molecule has 2 heterocycles. The molecule has 1 fully saturated rings. The average molecular weight is 234 g/mol. The fourth-order valence-corrected chi connectivity index (χ4v) is 2.15. The van der Waals surface area contributed by atoms with Gasteiger partial charge in [-0.2, -0.15) is 0 Å². The van der Waals surface area contributed by atoms with Crippen LogP contribution in [0.2, 0.25) is 0 Å². The minimum atomic E-state index is -0.00312. The summed E-state index contributed by atoms with van der Waals surface area (Å²) in [5.74, 6) is 5.79. The van der Waals surface area contributed by atoms with Gasteiger partial charge in [-0.25, -0.2) is 10.8 Å². The second kappa shape index (κ2) is 4.33. The summed E-state index contributed by atoms with van der Waals surface area (Å²) in [6.07, 6.45) is 2.64. The number of nitrogens with two attached hydrogens (primary N) is 1. The number of pyridine rings is 1. The molecule has 1 aliphatic heterocycles. The van der Waals surface area contributed by atoms with E-state index < -0.39 is 0 Å². The Balaban J connectivity index is 2.20. The van der Waals surface area contributed by atoms with Crippen LogP contribution >= 0.6 is 0 Å². The predicted molar refractivity (Wildman–Crippen MR) is 66.3 cm³/mol. The van der Waals surface area contributed by atoms with Crippen LogP contribution in [0.4, 0.5) is 5.82 Å². The topological polar surface area (TPSA) is 71.2 Å². The highest BCUT2D eigenvalue weighted by atomic mass is 16.2. The van der Waals surface area contributed by atoms with Crippen molar-refractivity contribution in [1.82, 2.24) is 9.88 Å². The van der Waals surface area contributed by atoms with Crippen LogP contribution in [0, 0.1) is 5.41 Å². The van der Waals surface area contributed by atoms with Crippen molar-refractivity contribution in [3.05, 3.63) is 23.9 Å². The van der Waals surface area contributed by atoms with Crippen LogP contribution in [0.1, 0.15) is 30.6 Å². The molecular formula is C12H18N4O. The van der Waals surface area contributed by atoms with Crippen molar-refractivity contribution in [2.45, 2.75) is 20.3 Å². The van der Waals surface area contributed by atoms with Gasteiger partial charge >= 0.3 is 0 Å². The molecule has 0 aliphatic carbocycles. The summed E-state index contributed by atoms with van der Waals surface area (Å²) < 4.78 is 0. The van der Waals surface area contributed by atoms with E-state index in [4.69, 9.17) is 5.84 Å². The van der Waals surface area contributed by atoms with Crippen LogP contribution in [0.5, 0.6) is 0 Å². The van der Waals surface area contributed by atoms with Gasteiger partial charge in [0, 0.05) is 19.3 Å². The predicted octanol–water partition coefficient (Wildman–Crippen LogP) is 1.24. The molecule has 2 rings (SSSR count). The average Bonchev–Trinajstić information content (AvgIpc) is 2.68. The van der Waals surface area contributed by atoms with Crippen molar-refractivity contribution >= 4 is 11.7 Å². The van der Waals surface area contributed by atoms with Gasteiger partial charge in [0.05, 0.1) is 5.56 Å². The Morgan fingerprint density at radius 3 is 2.94 bits per heavy atom. The van der Waals surface area contributed by atoms with Gasteiger partial charge in [-0.1, -0.05) is 13.8 Å². The monoisotopic (exact) mass is 234 g/mol. The highest BCUT2D eigenvalue weighted by molar-refractivity contribution is 5.98. The van der Waals surface area contributed by atoms with Gasteiger partial charge in [0.1, 0.15) is 0 Å². The molecule has 1 aromatic heterocycles. The lowest BCUT2D eigenvalue weighted by molar-refractivity contribution is 0.0779. The summed E-state index contributed by atoms with van der Waals surface area (Å²) in [6, 6.07) is 3.49. The molecule has 0 bridgehead atoms.